The minimum absolute atomic E-state index is 0.0897. The van der Waals surface area contributed by atoms with E-state index in [9.17, 15) is 28.8 Å². The lowest BCUT2D eigenvalue weighted by atomic mass is 9.94. The Morgan fingerprint density at radius 2 is 1.54 bits per heavy atom. The number of piperidine rings is 1. The number of nitrogens with one attached hydrogen (secondary N) is 5. The van der Waals surface area contributed by atoms with Gasteiger partial charge in [0.05, 0.1) is 11.1 Å². The van der Waals surface area contributed by atoms with E-state index in [2.05, 4.69) is 78.2 Å². The minimum atomic E-state index is -0.979. The Labute approximate surface area is 417 Å². The number of benzene rings is 3. The van der Waals surface area contributed by atoms with Crippen molar-refractivity contribution in [2.45, 2.75) is 104 Å². The number of rotatable bonds is 21. The molecule has 5 heterocycles. The zero-order valence-corrected chi connectivity index (χ0v) is 41.9. The van der Waals surface area contributed by atoms with E-state index >= 15 is 0 Å². The van der Waals surface area contributed by atoms with Gasteiger partial charge in [-0.25, -0.2) is 0 Å². The highest BCUT2D eigenvalue weighted by Crippen LogP contribution is 2.35. The number of ether oxygens (including phenoxy) is 1. The van der Waals surface area contributed by atoms with Gasteiger partial charge in [0.25, 0.3) is 23.3 Å². The van der Waals surface area contributed by atoms with E-state index in [-0.39, 0.29) is 36.4 Å². The number of aromatic amines is 1. The lowest BCUT2D eigenvalue weighted by molar-refractivity contribution is -0.136. The summed E-state index contributed by atoms with van der Waals surface area (Å²) in [5.74, 6) is -2.19. The normalized spacial score (nSPS) is 17.9. The number of H-pyrrole nitrogens is 1. The number of piperazine rings is 1. The lowest BCUT2D eigenvalue weighted by Crippen LogP contribution is -2.54. The first-order chi connectivity index (χ1) is 34.4. The Balaban J connectivity index is 0.756. The van der Waals surface area contributed by atoms with Gasteiger partial charge in [-0.2, -0.15) is 0 Å². The quantitative estimate of drug-likeness (QED) is 0.0509. The number of amides is 5. The number of carbonyl (C=O) groups excluding carboxylic acids is 5. The summed E-state index contributed by atoms with van der Waals surface area (Å²) >= 11 is 0. The number of hydrogen-bond acceptors (Lipinski definition) is 12. The number of anilines is 2. The van der Waals surface area contributed by atoms with Gasteiger partial charge in [-0.15, -0.1) is 0 Å². The highest BCUT2D eigenvalue weighted by molar-refractivity contribution is 6.25. The number of hydrogen-bond donors (Lipinski definition) is 5. The van der Waals surface area contributed by atoms with Crippen molar-refractivity contribution in [2.24, 2.45) is 0 Å². The van der Waals surface area contributed by atoms with E-state index in [1.54, 1.807) is 18.2 Å². The predicted molar refractivity (Wildman–Crippen MR) is 276 cm³/mol. The maximum absolute atomic E-state index is 14.0. The SMILES string of the molecule is CCN(c1cc(-c2ccc(CN3CCN(CCNCCCCCCNc4cccc5c4C(=O)N(C4CCC(=O)NC4=O)C5=O)CC3)cc2)cc(C(=O)NCc2c(C)cc(C)[nH]c2=O)c1C)C1CCOCC1. The highest BCUT2D eigenvalue weighted by Gasteiger charge is 2.45. The molecule has 0 spiro atoms. The molecular weight excluding hydrogens is 899 g/mol. The van der Waals surface area contributed by atoms with Crippen LogP contribution in [0.4, 0.5) is 11.4 Å². The average Bonchev–Trinajstić information content (AvgIpc) is 3.62. The number of fused-ring (bicyclic) bond motifs is 1. The minimum Gasteiger partial charge on any atom is -0.384 e. The molecule has 0 bridgehead atoms. The molecule has 0 aliphatic carbocycles. The van der Waals surface area contributed by atoms with Gasteiger partial charge in [-0.05, 0) is 124 Å². The summed E-state index contributed by atoms with van der Waals surface area (Å²) < 4.78 is 5.71. The van der Waals surface area contributed by atoms with Gasteiger partial charge in [-0.3, -0.25) is 48.8 Å². The van der Waals surface area contributed by atoms with Crippen LogP contribution in [0.3, 0.4) is 0 Å². The average molecular weight is 970 g/mol. The fourth-order valence-electron chi connectivity index (χ4n) is 10.6. The predicted octanol–water partition coefficient (Wildman–Crippen LogP) is 5.68. The first-order valence-electron chi connectivity index (χ1n) is 25.7. The third-order valence-corrected chi connectivity index (χ3v) is 14.7. The summed E-state index contributed by atoms with van der Waals surface area (Å²) in [7, 11) is 0. The summed E-state index contributed by atoms with van der Waals surface area (Å²) in [6, 6.07) is 19.4. The number of aryl methyl sites for hydroxylation is 2. The molecule has 71 heavy (non-hydrogen) atoms. The molecule has 16 heteroatoms. The standard InChI is InChI=1S/C55H71N9O7/c1-5-63(42-19-29-71-30-20-42)48-33-41(32-44(38(48)4)51(66)58-34-45-36(2)31-37(3)59-52(45)67)40-15-13-39(14-16-40)35-62-27-25-61(26-28-62)24-23-56-21-8-6-7-9-22-57-46-12-10-11-43-50(46)55(70)64(54(43)69)47-17-18-49(65)60-53(47)68/h10-16,31-33,42,47,56-57H,5-9,17-30,34-35H2,1-4H3,(H,58,66)(H,59,67)(H,60,65,68). The van der Waals surface area contributed by atoms with Gasteiger partial charge >= 0.3 is 0 Å². The molecule has 1 aromatic heterocycles. The van der Waals surface area contributed by atoms with Crippen LogP contribution in [0.25, 0.3) is 11.1 Å². The lowest BCUT2D eigenvalue weighted by Gasteiger charge is -2.37. The van der Waals surface area contributed by atoms with Crippen LogP contribution in [0.1, 0.15) is 117 Å². The van der Waals surface area contributed by atoms with Crippen molar-refractivity contribution >= 4 is 40.9 Å². The summed E-state index contributed by atoms with van der Waals surface area (Å²) in [4.78, 5) is 88.7. The molecule has 4 aliphatic rings. The second-order valence-electron chi connectivity index (χ2n) is 19.5. The molecule has 16 nitrogen and oxygen atoms in total. The highest BCUT2D eigenvalue weighted by atomic mass is 16.5. The summed E-state index contributed by atoms with van der Waals surface area (Å²) in [5.41, 5.74) is 9.11. The molecular formula is C55H71N9O7. The van der Waals surface area contributed by atoms with Crippen LogP contribution in [0.2, 0.25) is 0 Å². The van der Waals surface area contributed by atoms with Crippen molar-refractivity contribution in [3.63, 3.8) is 0 Å². The molecule has 0 radical (unpaired) electrons. The van der Waals surface area contributed by atoms with Crippen LogP contribution >= 0.6 is 0 Å². The number of carbonyl (C=O) groups is 5. The van der Waals surface area contributed by atoms with Crippen LogP contribution in [0.5, 0.6) is 0 Å². The van der Waals surface area contributed by atoms with Crippen LogP contribution < -0.4 is 31.7 Å². The Morgan fingerprint density at radius 3 is 2.25 bits per heavy atom. The molecule has 3 fully saturated rings. The van der Waals surface area contributed by atoms with E-state index in [4.69, 9.17) is 4.74 Å². The van der Waals surface area contributed by atoms with Crippen LogP contribution in [0, 0.1) is 20.8 Å². The molecule has 4 aliphatic heterocycles. The van der Waals surface area contributed by atoms with E-state index in [1.165, 1.54) is 5.56 Å². The summed E-state index contributed by atoms with van der Waals surface area (Å²) in [5, 5.41) is 12.3. The molecule has 0 saturated carbocycles. The Kier molecular flexibility index (Phi) is 17.2. The smallest absolute Gasteiger partial charge is 0.264 e. The van der Waals surface area contributed by atoms with Crippen molar-refractivity contribution in [1.82, 2.24) is 35.6 Å². The second-order valence-corrected chi connectivity index (χ2v) is 19.5. The van der Waals surface area contributed by atoms with Gasteiger partial charge in [0.2, 0.25) is 11.8 Å². The molecule has 3 aromatic carbocycles. The largest absolute Gasteiger partial charge is 0.384 e. The van der Waals surface area contributed by atoms with Gasteiger partial charge < -0.3 is 30.6 Å². The molecule has 378 valence electrons. The number of imide groups is 2. The molecule has 5 N–H and O–H groups in total. The van der Waals surface area contributed by atoms with Crippen LogP contribution in [0.15, 0.2) is 65.5 Å². The molecule has 4 aromatic rings. The Hall–Kier alpha value is -6.20. The topological polar surface area (TPSA) is 189 Å². The third kappa shape index (κ3) is 12.3. The van der Waals surface area contributed by atoms with Gasteiger partial charge in [0.1, 0.15) is 6.04 Å². The number of unbranched alkanes of at least 4 members (excludes halogenated alkanes) is 3. The van der Waals surface area contributed by atoms with Gasteiger partial charge in [0.15, 0.2) is 0 Å². The van der Waals surface area contributed by atoms with Crippen molar-refractivity contribution in [2.75, 3.05) is 82.3 Å². The second kappa shape index (κ2) is 23.8. The Morgan fingerprint density at radius 1 is 0.803 bits per heavy atom. The van der Waals surface area contributed by atoms with Crippen molar-refractivity contribution in [3.8, 4) is 11.1 Å². The third-order valence-electron chi connectivity index (χ3n) is 14.7. The molecule has 3 saturated heterocycles. The molecule has 8 rings (SSSR count). The summed E-state index contributed by atoms with van der Waals surface area (Å²) in [6.45, 7) is 18.9. The van der Waals surface area contributed by atoms with Crippen molar-refractivity contribution < 1.29 is 28.7 Å². The molecule has 1 unspecified atom stereocenters. The van der Waals surface area contributed by atoms with Crippen molar-refractivity contribution in [3.05, 3.63) is 116 Å². The fraction of sp³-hybridized carbons (Fsp3) is 0.491. The zero-order chi connectivity index (χ0) is 50.0. The summed E-state index contributed by atoms with van der Waals surface area (Å²) in [6.07, 6.45) is 6.21. The van der Waals surface area contributed by atoms with Crippen LogP contribution in [-0.2, 0) is 27.4 Å². The number of aromatic nitrogens is 1. The van der Waals surface area contributed by atoms with E-state index in [0.29, 0.717) is 35.0 Å². The maximum atomic E-state index is 14.0. The molecule has 1 atom stereocenters. The zero-order valence-electron chi connectivity index (χ0n) is 41.9. The van der Waals surface area contributed by atoms with E-state index < -0.39 is 29.7 Å². The van der Waals surface area contributed by atoms with Gasteiger partial charge in [0, 0.05) is 119 Å². The number of nitrogens with zero attached hydrogens (tertiary/aromatic N) is 4. The number of pyridine rings is 1. The van der Waals surface area contributed by atoms with Gasteiger partial charge in [-0.1, -0.05) is 43.2 Å². The fourth-order valence-corrected chi connectivity index (χ4v) is 10.6. The van der Waals surface area contributed by atoms with E-state index in [0.717, 1.165) is 149 Å². The van der Waals surface area contributed by atoms with Crippen LogP contribution in [-0.4, -0.2) is 133 Å². The van der Waals surface area contributed by atoms with Crippen molar-refractivity contribution in [1.29, 1.82) is 0 Å². The molecule has 5 amide bonds. The monoisotopic (exact) mass is 970 g/mol. The maximum Gasteiger partial charge on any atom is 0.264 e. The Bertz CT molecular complexity index is 2640. The van der Waals surface area contributed by atoms with E-state index in [1.807, 2.05) is 32.9 Å². The first kappa shape index (κ1) is 51.2. The first-order valence-corrected chi connectivity index (χ1v) is 25.7.